The highest BCUT2D eigenvalue weighted by atomic mass is 16.2. The lowest BCUT2D eigenvalue weighted by molar-refractivity contribution is -0.117. The Labute approximate surface area is 76.2 Å². The van der Waals surface area contributed by atoms with Crippen molar-refractivity contribution in [2.75, 3.05) is 11.9 Å². The second-order valence-electron chi connectivity index (χ2n) is 3.04. The van der Waals surface area contributed by atoms with Crippen LogP contribution >= 0.6 is 0 Å². The molecule has 0 N–H and O–H groups in total. The van der Waals surface area contributed by atoms with Crippen molar-refractivity contribution in [2.45, 2.75) is 6.42 Å². The lowest BCUT2D eigenvalue weighted by Crippen LogP contribution is -2.20. The number of amides is 1. The van der Waals surface area contributed by atoms with Gasteiger partial charge in [0.2, 0.25) is 5.91 Å². The highest BCUT2D eigenvalue weighted by molar-refractivity contribution is 6.01. The lowest BCUT2D eigenvalue weighted by Gasteiger charge is -2.09. The van der Waals surface area contributed by atoms with Gasteiger partial charge in [-0.15, -0.1) is 0 Å². The van der Waals surface area contributed by atoms with Crippen molar-refractivity contribution < 1.29 is 4.79 Å². The molecule has 0 radical (unpaired) electrons. The van der Waals surface area contributed by atoms with Gasteiger partial charge in [0.1, 0.15) is 0 Å². The van der Waals surface area contributed by atoms with Crippen molar-refractivity contribution in [3.8, 4) is 6.07 Å². The van der Waals surface area contributed by atoms with Crippen LogP contribution in [-0.4, -0.2) is 13.0 Å². The first-order valence-electron chi connectivity index (χ1n) is 4.02. The summed E-state index contributed by atoms with van der Waals surface area (Å²) in [5.74, 6) is 0.0534. The van der Waals surface area contributed by atoms with Gasteiger partial charge in [0.15, 0.2) is 0 Å². The van der Waals surface area contributed by atoms with Crippen molar-refractivity contribution in [3.63, 3.8) is 0 Å². The number of nitriles is 1. The SMILES string of the molecule is CN1C(=O)Cc2c(C#N)cccc21. The van der Waals surface area contributed by atoms with Gasteiger partial charge in [-0.05, 0) is 12.1 Å². The predicted octanol–water partition coefficient (Wildman–Crippen LogP) is 1.08. The van der Waals surface area contributed by atoms with Crippen molar-refractivity contribution >= 4 is 11.6 Å². The van der Waals surface area contributed by atoms with Crippen LogP contribution in [0.2, 0.25) is 0 Å². The predicted molar refractivity (Wildman–Crippen MR) is 48.3 cm³/mol. The Hall–Kier alpha value is -1.82. The van der Waals surface area contributed by atoms with Gasteiger partial charge in [-0.2, -0.15) is 5.26 Å². The Kier molecular flexibility index (Phi) is 1.56. The second-order valence-corrected chi connectivity index (χ2v) is 3.04. The van der Waals surface area contributed by atoms with E-state index in [0.717, 1.165) is 11.3 Å². The van der Waals surface area contributed by atoms with Gasteiger partial charge >= 0.3 is 0 Å². The van der Waals surface area contributed by atoms with Crippen LogP contribution < -0.4 is 4.90 Å². The molecule has 0 saturated heterocycles. The van der Waals surface area contributed by atoms with Gasteiger partial charge in [-0.1, -0.05) is 6.07 Å². The summed E-state index contributed by atoms with van der Waals surface area (Å²) in [6.45, 7) is 0. The van der Waals surface area contributed by atoms with E-state index in [1.54, 1.807) is 24.1 Å². The molecule has 0 aliphatic carbocycles. The van der Waals surface area contributed by atoms with Crippen LogP contribution in [0.25, 0.3) is 0 Å². The molecule has 0 unspecified atom stereocenters. The molecule has 1 aromatic carbocycles. The molecule has 1 aliphatic heterocycles. The monoisotopic (exact) mass is 172 g/mol. The first kappa shape index (κ1) is 7.81. The number of carbonyl (C=O) groups excluding carboxylic acids is 1. The van der Waals surface area contributed by atoms with E-state index in [4.69, 9.17) is 5.26 Å². The molecular weight excluding hydrogens is 164 g/mol. The molecule has 0 atom stereocenters. The zero-order valence-electron chi connectivity index (χ0n) is 7.24. The summed E-state index contributed by atoms with van der Waals surface area (Å²) in [6.07, 6.45) is 0.357. The fourth-order valence-electron chi connectivity index (χ4n) is 1.58. The zero-order valence-corrected chi connectivity index (χ0v) is 7.24. The van der Waals surface area contributed by atoms with E-state index in [1.807, 2.05) is 6.07 Å². The molecule has 0 bridgehead atoms. The number of hydrogen-bond acceptors (Lipinski definition) is 2. The van der Waals surface area contributed by atoms with E-state index in [-0.39, 0.29) is 5.91 Å². The van der Waals surface area contributed by atoms with Crippen molar-refractivity contribution in [3.05, 3.63) is 29.3 Å². The van der Waals surface area contributed by atoms with Crippen LogP contribution in [0.4, 0.5) is 5.69 Å². The number of likely N-dealkylation sites (N-methyl/N-ethyl adjacent to an activating group) is 1. The molecule has 0 aromatic heterocycles. The maximum Gasteiger partial charge on any atom is 0.231 e. The number of carbonyl (C=O) groups is 1. The number of nitrogens with zero attached hydrogens (tertiary/aromatic N) is 2. The minimum Gasteiger partial charge on any atom is -0.315 e. The molecule has 3 heteroatoms. The van der Waals surface area contributed by atoms with E-state index in [2.05, 4.69) is 6.07 Å². The highest BCUT2D eigenvalue weighted by Crippen LogP contribution is 2.29. The van der Waals surface area contributed by atoms with Crippen LogP contribution in [0.5, 0.6) is 0 Å². The van der Waals surface area contributed by atoms with Crippen molar-refractivity contribution in [1.82, 2.24) is 0 Å². The number of fused-ring (bicyclic) bond motifs is 1. The van der Waals surface area contributed by atoms with Crippen molar-refractivity contribution in [2.24, 2.45) is 0 Å². The van der Waals surface area contributed by atoms with Gasteiger partial charge in [0.05, 0.1) is 18.1 Å². The fourth-order valence-corrected chi connectivity index (χ4v) is 1.58. The van der Waals surface area contributed by atoms with Crippen LogP contribution in [0.3, 0.4) is 0 Å². The molecule has 13 heavy (non-hydrogen) atoms. The molecule has 1 amide bonds. The van der Waals surface area contributed by atoms with Gasteiger partial charge in [-0.3, -0.25) is 4.79 Å². The number of anilines is 1. The Morgan fingerprint density at radius 3 is 3.00 bits per heavy atom. The summed E-state index contributed by atoms with van der Waals surface area (Å²) in [7, 11) is 1.73. The molecule has 2 rings (SSSR count). The number of rotatable bonds is 0. The first-order valence-corrected chi connectivity index (χ1v) is 4.02. The third-order valence-electron chi connectivity index (χ3n) is 2.34. The molecule has 0 fully saturated rings. The Morgan fingerprint density at radius 1 is 1.54 bits per heavy atom. The fraction of sp³-hybridized carbons (Fsp3) is 0.200. The normalized spacial score (nSPS) is 14.2. The lowest BCUT2D eigenvalue weighted by atomic mass is 10.1. The zero-order chi connectivity index (χ0) is 9.42. The van der Waals surface area contributed by atoms with Gasteiger partial charge in [-0.25, -0.2) is 0 Å². The highest BCUT2D eigenvalue weighted by Gasteiger charge is 2.25. The van der Waals surface area contributed by atoms with Gasteiger partial charge in [0, 0.05) is 18.3 Å². The van der Waals surface area contributed by atoms with Crippen LogP contribution in [0.1, 0.15) is 11.1 Å². The molecule has 1 aromatic rings. The Bertz CT molecular complexity index is 417. The average Bonchev–Trinajstić information content (AvgIpc) is 2.43. The number of benzene rings is 1. The Balaban J connectivity index is 2.64. The summed E-state index contributed by atoms with van der Waals surface area (Å²) in [4.78, 5) is 12.9. The first-order chi connectivity index (χ1) is 6.24. The topological polar surface area (TPSA) is 44.1 Å². The molecule has 0 saturated carbocycles. The van der Waals surface area contributed by atoms with Crippen LogP contribution in [0, 0.1) is 11.3 Å². The van der Waals surface area contributed by atoms with Crippen molar-refractivity contribution in [1.29, 1.82) is 5.26 Å². The molecular formula is C10H8N2O. The average molecular weight is 172 g/mol. The summed E-state index contributed by atoms with van der Waals surface area (Å²) in [5, 5.41) is 8.79. The summed E-state index contributed by atoms with van der Waals surface area (Å²) in [5.41, 5.74) is 2.33. The molecule has 1 aliphatic rings. The third-order valence-corrected chi connectivity index (χ3v) is 2.34. The van der Waals surface area contributed by atoms with E-state index in [0.29, 0.717) is 12.0 Å². The van der Waals surface area contributed by atoms with Crippen LogP contribution in [0.15, 0.2) is 18.2 Å². The second kappa shape index (κ2) is 2.60. The Morgan fingerprint density at radius 2 is 2.31 bits per heavy atom. The minimum atomic E-state index is 0.0534. The summed E-state index contributed by atoms with van der Waals surface area (Å²) < 4.78 is 0. The molecule has 3 nitrogen and oxygen atoms in total. The maximum absolute atomic E-state index is 11.3. The minimum absolute atomic E-state index is 0.0534. The van der Waals surface area contributed by atoms with E-state index < -0.39 is 0 Å². The maximum atomic E-state index is 11.3. The summed E-state index contributed by atoms with van der Waals surface area (Å²) >= 11 is 0. The van der Waals surface area contributed by atoms with Gasteiger partial charge in [0.25, 0.3) is 0 Å². The van der Waals surface area contributed by atoms with Crippen LogP contribution in [-0.2, 0) is 11.2 Å². The molecule has 0 spiro atoms. The summed E-state index contributed by atoms with van der Waals surface area (Å²) in [6, 6.07) is 7.49. The third kappa shape index (κ3) is 0.994. The van der Waals surface area contributed by atoms with E-state index in [9.17, 15) is 4.79 Å². The van der Waals surface area contributed by atoms with E-state index in [1.165, 1.54) is 0 Å². The molecule has 1 heterocycles. The van der Waals surface area contributed by atoms with E-state index >= 15 is 0 Å². The number of hydrogen-bond donors (Lipinski definition) is 0. The molecule has 64 valence electrons. The standard InChI is InChI=1S/C10H8N2O/c1-12-9-4-2-3-7(6-11)8(9)5-10(12)13/h2-4H,5H2,1H3. The smallest absolute Gasteiger partial charge is 0.231 e. The largest absolute Gasteiger partial charge is 0.315 e. The quantitative estimate of drug-likeness (QED) is 0.587. The van der Waals surface area contributed by atoms with Gasteiger partial charge < -0.3 is 4.90 Å².